The largest absolute Gasteiger partial charge is 0.494 e. The molecule has 5 rings (SSSR count). The second kappa shape index (κ2) is 8.76. The maximum absolute atomic E-state index is 12.8. The van der Waals surface area contributed by atoms with E-state index in [1.807, 2.05) is 84.3 Å². The van der Waals surface area contributed by atoms with E-state index < -0.39 is 0 Å². The third-order valence-corrected chi connectivity index (χ3v) is 5.79. The van der Waals surface area contributed by atoms with Crippen molar-refractivity contribution >= 4 is 40.2 Å². The highest BCUT2D eigenvalue weighted by molar-refractivity contribution is 7.99. The Morgan fingerprint density at radius 2 is 1.94 bits per heavy atom. The van der Waals surface area contributed by atoms with Crippen molar-refractivity contribution in [2.75, 3.05) is 17.7 Å². The van der Waals surface area contributed by atoms with Crippen molar-refractivity contribution in [3.05, 3.63) is 72.9 Å². The number of amides is 1. The number of pyridine rings is 1. The third-order valence-electron chi connectivity index (χ3n) is 4.92. The van der Waals surface area contributed by atoms with Crippen LogP contribution in [0.2, 0.25) is 0 Å². The molecule has 160 valence electrons. The fourth-order valence-corrected chi connectivity index (χ4v) is 4.19. The molecule has 0 atom stereocenters. The molecule has 2 aromatic carbocycles. The van der Waals surface area contributed by atoms with Gasteiger partial charge in [0.25, 0.3) is 0 Å². The first-order valence-electron chi connectivity index (χ1n) is 10.3. The van der Waals surface area contributed by atoms with Crippen LogP contribution in [-0.2, 0) is 4.79 Å². The Morgan fingerprint density at radius 1 is 1.09 bits per heavy atom. The number of hydrogen-bond donors (Lipinski definition) is 2. The van der Waals surface area contributed by atoms with Crippen molar-refractivity contribution in [2.24, 2.45) is 0 Å². The summed E-state index contributed by atoms with van der Waals surface area (Å²) in [6, 6.07) is 21.3. The summed E-state index contributed by atoms with van der Waals surface area (Å²) in [5, 5.41) is 3.73. The van der Waals surface area contributed by atoms with Crippen molar-refractivity contribution in [3.63, 3.8) is 0 Å². The van der Waals surface area contributed by atoms with Crippen molar-refractivity contribution < 1.29 is 9.53 Å². The molecule has 3 aromatic heterocycles. The van der Waals surface area contributed by atoms with Gasteiger partial charge in [0.15, 0.2) is 5.16 Å². The fourth-order valence-electron chi connectivity index (χ4n) is 3.50. The predicted molar refractivity (Wildman–Crippen MR) is 127 cm³/mol. The molecule has 2 N–H and O–H groups in total. The van der Waals surface area contributed by atoms with E-state index in [1.165, 1.54) is 11.8 Å². The van der Waals surface area contributed by atoms with Crippen LogP contribution in [0.1, 0.15) is 6.92 Å². The molecule has 0 fully saturated rings. The fraction of sp³-hybridized carbons (Fsp3) is 0.125. The number of aromatic amines is 1. The monoisotopic (exact) mass is 443 g/mol. The molecule has 0 aliphatic carbocycles. The third kappa shape index (κ3) is 4.04. The minimum atomic E-state index is -0.131. The van der Waals surface area contributed by atoms with Crippen molar-refractivity contribution in [1.29, 1.82) is 0 Å². The number of imidazole rings is 2. The van der Waals surface area contributed by atoms with Crippen LogP contribution >= 0.6 is 11.8 Å². The number of anilines is 1. The van der Waals surface area contributed by atoms with E-state index in [-0.39, 0.29) is 11.7 Å². The van der Waals surface area contributed by atoms with Gasteiger partial charge in [-0.25, -0.2) is 9.97 Å². The Kier molecular flexibility index (Phi) is 5.51. The van der Waals surface area contributed by atoms with Gasteiger partial charge in [0.2, 0.25) is 5.91 Å². The Morgan fingerprint density at radius 3 is 2.78 bits per heavy atom. The highest BCUT2D eigenvalue weighted by atomic mass is 32.2. The zero-order valence-electron chi connectivity index (χ0n) is 17.4. The lowest BCUT2D eigenvalue weighted by Crippen LogP contribution is -2.16. The molecule has 0 aliphatic heterocycles. The van der Waals surface area contributed by atoms with Gasteiger partial charge in [0.05, 0.1) is 23.4 Å². The summed E-state index contributed by atoms with van der Waals surface area (Å²) in [6.07, 6.45) is 1.90. The molecule has 0 unspecified atom stereocenters. The zero-order valence-corrected chi connectivity index (χ0v) is 18.2. The number of nitrogens with zero attached hydrogens (tertiary/aromatic N) is 3. The molecule has 0 saturated carbocycles. The van der Waals surface area contributed by atoms with E-state index in [4.69, 9.17) is 9.72 Å². The molecule has 5 aromatic rings. The number of carbonyl (C=O) groups is 1. The zero-order chi connectivity index (χ0) is 21.9. The summed E-state index contributed by atoms with van der Waals surface area (Å²) in [6.45, 7) is 2.56. The molecule has 8 heteroatoms. The number of ether oxygens (including phenoxy) is 1. The molecule has 3 heterocycles. The minimum absolute atomic E-state index is 0.131. The van der Waals surface area contributed by atoms with E-state index in [0.717, 1.165) is 33.7 Å². The number of rotatable bonds is 7. The van der Waals surface area contributed by atoms with E-state index in [9.17, 15) is 4.79 Å². The number of aromatic nitrogens is 4. The van der Waals surface area contributed by atoms with Gasteiger partial charge < -0.3 is 15.0 Å². The SMILES string of the molecule is CCOc1ccc2nc(SCC(=O)Nc3c(-c4ccccc4)nc4ccccn34)[nH]c2c1. The standard InChI is InChI=1S/C24H21N5O2S/c1-2-31-17-11-12-18-19(14-17)26-24(25-18)32-15-21(30)28-23-22(16-8-4-3-5-9-16)27-20-10-6-7-13-29(20)23/h3-14H,2,15H2,1H3,(H,25,26)(H,28,30). The number of nitrogens with one attached hydrogen (secondary N) is 2. The summed E-state index contributed by atoms with van der Waals surface area (Å²) in [5.74, 6) is 1.53. The molecular formula is C24H21N5O2S. The van der Waals surface area contributed by atoms with Gasteiger partial charge in [0.1, 0.15) is 22.9 Å². The van der Waals surface area contributed by atoms with Crippen LogP contribution in [0.15, 0.2) is 78.1 Å². The summed E-state index contributed by atoms with van der Waals surface area (Å²) in [5.41, 5.74) is 4.18. The molecular weight excluding hydrogens is 422 g/mol. The van der Waals surface area contributed by atoms with E-state index in [1.54, 1.807) is 0 Å². The smallest absolute Gasteiger partial charge is 0.236 e. The van der Waals surface area contributed by atoms with E-state index >= 15 is 0 Å². The number of thioether (sulfide) groups is 1. The number of H-pyrrole nitrogens is 1. The van der Waals surface area contributed by atoms with Crippen LogP contribution in [0.5, 0.6) is 5.75 Å². The second-order valence-corrected chi connectivity index (χ2v) is 8.06. The molecule has 0 bridgehead atoms. The molecule has 7 nitrogen and oxygen atoms in total. The molecule has 1 amide bonds. The van der Waals surface area contributed by atoms with E-state index in [0.29, 0.717) is 17.6 Å². The lowest BCUT2D eigenvalue weighted by Gasteiger charge is -2.07. The Hall–Kier alpha value is -3.78. The van der Waals surface area contributed by atoms with Crippen molar-refractivity contribution in [1.82, 2.24) is 19.4 Å². The first kappa shape index (κ1) is 20.1. The van der Waals surface area contributed by atoms with E-state index in [2.05, 4.69) is 15.3 Å². The second-order valence-electron chi connectivity index (χ2n) is 7.09. The van der Waals surface area contributed by atoms with Gasteiger partial charge in [-0.1, -0.05) is 48.2 Å². The van der Waals surface area contributed by atoms with Crippen LogP contribution in [0.3, 0.4) is 0 Å². The predicted octanol–water partition coefficient (Wildman–Crippen LogP) is 5.01. The Labute approximate surface area is 188 Å². The van der Waals surface area contributed by atoms with Gasteiger partial charge in [-0.05, 0) is 31.2 Å². The summed E-state index contributed by atoms with van der Waals surface area (Å²) < 4.78 is 7.43. The summed E-state index contributed by atoms with van der Waals surface area (Å²) in [7, 11) is 0. The highest BCUT2D eigenvalue weighted by Gasteiger charge is 2.17. The lowest BCUT2D eigenvalue weighted by atomic mass is 10.1. The Balaban J connectivity index is 1.35. The van der Waals surface area contributed by atoms with Gasteiger partial charge in [-0.15, -0.1) is 0 Å². The summed E-state index contributed by atoms with van der Waals surface area (Å²) in [4.78, 5) is 25.4. The number of carbonyl (C=O) groups excluding carboxylic acids is 1. The van der Waals surface area contributed by atoms with Gasteiger partial charge in [-0.2, -0.15) is 0 Å². The normalized spacial score (nSPS) is 11.2. The van der Waals surface area contributed by atoms with Crippen LogP contribution in [0.25, 0.3) is 27.9 Å². The Bertz CT molecular complexity index is 1390. The molecule has 0 spiro atoms. The number of fused-ring (bicyclic) bond motifs is 2. The first-order valence-corrected chi connectivity index (χ1v) is 11.3. The average Bonchev–Trinajstić information content (AvgIpc) is 3.39. The topological polar surface area (TPSA) is 84.3 Å². The van der Waals surface area contributed by atoms with Gasteiger partial charge in [-0.3, -0.25) is 9.20 Å². The highest BCUT2D eigenvalue weighted by Crippen LogP contribution is 2.29. The number of hydrogen-bond acceptors (Lipinski definition) is 5. The lowest BCUT2D eigenvalue weighted by molar-refractivity contribution is -0.113. The molecule has 0 radical (unpaired) electrons. The first-order chi connectivity index (χ1) is 15.7. The summed E-state index contributed by atoms with van der Waals surface area (Å²) >= 11 is 1.35. The van der Waals surface area contributed by atoms with Gasteiger partial charge >= 0.3 is 0 Å². The number of benzene rings is 2. The maximum Gasteiger partial charge on any atom is 0.236 e. The average molecular weight is 444 g/mol. The molecule has 0 aliphatic rings. The van der Waals surface area contributed by atoms with Gasteiger partial charge in [0, 0.05) is 17.8 Å². The van der Waals surface area contributed by atoms with Crippen molar-refractivity contribution in [3.8, 4) is 17.0 Å². The van der Waals surface area contributed by atoms with Crippen LogP contribution in [0, 0.1) is 0 Å². The van der Waals surface area contributed by atoms with Crippen LogP contribution in [0.4, 0.5) is 5.82 Å². The maximum atomic E-state index is 12.8. The molecule has 0 saturated heterocycles. The van der Waals surface area contributed by atoms with Crippen LogP contribution in [-0.4, -0.2) is 37.6 Å². The van der Waals surface area contributed by atoms with Crippen molar-refractivity contribution in [2.45, 2.75) is 12.1 Å². The van der Waals surface area contributed by atoms with Crippen LogP contribution < -0.4 is 10.1 Å². The minimum Gasteiger partial charge on any atom is -0.494 e. The molecule has 32 heavy (non-hydrogen) atoms. The quantitative estimate of drug-likeness (QED) is 0.346.